The van der Waals surface area contributed by atoms with E-state index >= 15 is 0 Å². The van der Waals surface area contributed by atoms with E-state index in [9.17, 15) is 4.79 Å². The zero-order valence-corrected chi connectivity index (χ0v) is 14.4. The number of aryl methyl sites for hydroxylation is 2. The van der Waals surface area contributed by atoms with Crippen LogP contribution in [0.1, 0.15) is 17.4 Å². The molecule has 1 aliphatic rings. The molecule has 0 unspecified atom stereocenters. The lowest BCUT2D eigenvalue weighted by Crippen LogP contribution is -2.49. The van der Waals surface area contributed by atoms with Crippen molar-refractivity contribution in [1.29, 1.82) is 0 Å². The lowest BCUT2D eigenvalue weighted by atomic mass is 10.1. The number of hydrogen-bond donors (Lipinski definition) is 0. The second kappa shape index (κ2) is 6.38. The van der Waals surface area contributed by atoms with Crippen LogP contribution < -0.4 is 4.90 Å². The number of anilines is 1. The number of alkyl halides is 1. The SMILES string of the molecule is CCc1sc2ncnc(N3CCN(C(=O)CCl)CC3)c2c1C. The largest absolute Gasteiger partial charge is 0.352 e. The van der Waals surface area contributed by atoms with Gasteiger partial charge in [0.25, 0.3) is 0 Å². The molecule has 0 aliphatic carbocycles. The van der Waals surface area contributed by atoms with Crippen LogP contribution in [0, 0.1) is 6.92 Å². The summed E-state index contributed by atoms with van der Waals surface area (Å²) in [5.41, 5.74) is 1.29. The Bertz CT molecular complexity index is 694. The standard InChI is InChI=1S/C15H19ClN4OS/c1-3-11-10(2)13-14(17-9-18-15(13)22-11)20-6-4-19(5-7-20)12(21)8-16/h9H,3-8H2,1-2H3. The Morgan fingerprint density at radius 2 is 2.05 bits per heavy atom. The molecule has 1 saturated heterocycles. The number of carbonyl (C=O) groups is 1. The number of nitrogens with zero attached hydrogens (tertiary/aromatic N) is 4. The average molecular weight is 339 g/mol. The Morgan fingerprint density at radius 1 is 1.32 bits per heavy atom. The average Bonchev–Trinajstić information content (AvgIpc) is 2.90. The molecule has 0 spiro atoms. The van der Waals surface area contributed by atoms with Crippen molar-refractivity contribution < 1.29 is 4.79 Å². The number of halogens is 1. The zero-order chi connectivity index (χ0) is 15.7. The lowest BCUT2D eigenvalue weighted by Gasteiger charge is -2.35. The van der Waals surface area contributed by atoms with E-state index in [1.807, 2.05) is 4.90 Å². The van der Waals surface area contributed by atoms with Crippen LogP contribution in [0.2, 0.25) is 0 Å². The smallest absolute Gasteiger partial charge is 0.237 e. The van der Waals surface area contributed by atoms with Crippen LogP contribution >= 0.6 is 22.9 Å². The van der Waals surface area contributed by atoms with Crippen molar-refractivity contribution in [2.45, 2.75) is 20.3 Å². The molecule has 0 N–H and O–H groups in total. The Morgan fingerprint density at radius 3 is 2.68 bits per heavy atom. The summed E-state index contributed by atoms with van der Waals surface area (Å²) in [7, 11) is 0. The van der Waals surface area contributed by atoms with Crippen LogP contribution in [-0.4, -0.2) is 52.8 Å². The maximum Gasteiger partial charge on any atom is 0.237 e. The van der Waals surface area contributed by atoms with Gasteiger partial charge in [-0.2, -0.15) is 0 Å². The Balaban J connectivity index is 1.88. The second-order valence-corrected chi connectivity index (χ2v) is 6.73. The van der Waals surface area contributed by atoms with E-state index in [4.69, 9.17) is 11.6 Å². The monoisotopic (exact) mass is 338 g/mol. The minimum atomic E-state index is 0.00846. The van der Waals surface area contributed by atoms with Crippen molar-refractivity contribution in [3.63, 3.8) is 0 Å². The van der Waals surface area contributed by atoms with Gasteiger partial charge < -0.3 is 9.80 Å². The molecule has 118 valence electrons. The van der Waals surface area contributed by atoms with Crippen LogP contribution in [0.15, 0.2) is 6.33 Å². The van der Waals surface area contributed by atoms with Gasteiger partial charge in [-0.05, 0) is 18.9 Å². The molecule has 0 saturated carbocycles. The third-order valence-electron chi connectivity index (χ3n) is 4.17. The summed E-state index contributed by atoms with van der Waals surface area (Å²) >= 11 is 7.38. The van der Waals surface area contributed by atoms with Gasteiger partial charge in [0, 0.05) is 31.1 Å². The fraction of sp³-hybridized carbons (Fsp3) is 0.533. The molecule has 5 nitrogen and oxygen atoms in total. The van der Waals surface area contributed by atoms with Crippen molar-refractivity contribution in [2.75, 3.05) is 37.0 Å². The molecule has 7 heteroatoms. The van der Waals surface area contributed by atoms with Gasteiger partial charge in [0.15, 0.2) is 0 Å². The molecule has 2 aromatic heterocycles. The number of rotatable bonds is 3. The molecular weight excluding hydrogens is 320 g/mol. The molecule has 1 fully saturated rings. The van der Waals surface area contributed by atoms with Gasteiger partial charge >= 0.3 is 0 Å². The number of thiophene rings is 1. The van der Waals surface area contributed by atoms with E-state index in [-0.39, 0.29) is 11.8 Å². The molecule has 0 aromatic carbocycles. The van der Waals surface area contributed by atoms with Crippen LogP contribution in [-0.2, 0) is 11.2 Å². The maximum atomic E-state index is 11.7. The topological polar surface area (TPSA) is 49.3 Å². The van der Waals surface area contributed by atoms with Gasteiger partial charge in [0.05, 0.1) is 5.39 Å². The van der Waals surface area contributed by atoms with Crippen LogP contribution in [0.5, 0.6) is 0 Å². The number of fused-ring (bicyclic) bond motifs is 1. The predicted octanol–water partition coefficient (Wildman–Crippen LogP) is 2.45. The van der Waals surface area contributed by atoms with Crippen molar-refractivity contribution >= 4 is 44.9 Å². The van der Waals surface area contributed by atoms with Crippen LogP contribution in [0.4, 0.5) is 5.82 Å². The first-order valence-electron chi connectivity index (χ1n) is 7.47. The van der Waals surface area contributed by atoms with Crippen LogP contribution in [0.25, 0.3) is 10.2 Å². The first kappa shape index (κ1) is 15.5. The maximum absolute atomic E-state index is 11.7. The minimum absolute atomic E-state index is 0.00846. The number of piperazine rings is 1. The summed E-state index contributed by atoms with van der Waals surface area (Å²) < 4.78 is 0. The van der Waals surface area contributed by atoms with Crippen molar-refractivity contribution in [3.05, 3.63) is 16.8 Å². The first-order valence-corrected chi connectivity index (χ1v) is 8.82. The summed E-state index contributed by atoms with van der Waals surface area (Å²) in [6.07, 6.45) is 2.66. The molecule has 1 amide bonds. The Labute approximate surface area is 138 Å². The summed E-state index contributed by atoms with van der Waals surface area (Å²) in [6, 6.07) is 0. The highest BCUT2D eigenvalue weighted by molar-refractivity contribution is 7.18. The van der Waals surface area contributed by atoms with Crippen LogP contribution in [0.3, 0.4) is 0 Å². The third-order valence-corrected chi connectivity index (χ3v) is 5.75. The number of hydrogen-bond acceptors (Lipinski definition) is 5. The summed E-state index contributed by atoms with van der Waals surface area (Å²) in [6.45, 7) is 7.28. The van der Waals surface area contributed by atoms with E-state index in [0.29, 0.717) is 13.1 Å². The number of aromatic nitrogens is 2. The summed E-state index contributed by atoms with van der Waals surface area (Å²) in [4.78, 5) is 27.1. The molecule has 2 aromatic rings. The zero-order valence-electron chi connectivity index (χ0n) is 12.8. The van der Waals surface area contributed by atoms with Gasteiger partial charge in [-0.15, -0.1) is 22.9 Å². The van der Waals surface area contributed by atoms with Gasteiger partial charge in [0.1, 0.15) is 22.9 Å². The summed E-state index contributed by atoms with van der Waals surface area (Å²) in [5, 5.41) is 1.17. The number of amides is 1. The summed E-state index contributed by atoms with van der Waals surface area (Å²) in [5.74, 6) is 1.06. The van der Waals surface area contributed by atoms with E-state index in [1.165, 1.54) is 15.8 Å². The van der Waals surface area contributed by atoms with E-state index in [0.717, 1.165) is 30.2 Å². The fourth-order valence-electron chi connectivity index (χ4n) is 2.93. The molecule has 0 bridgehead atoms. The van der Waals surface area contributed by atoms with Gasteiger partial charge in [-0.3, -0.25) is 4.79 Å². The quantitative estimate of drug-likeness (QED) is 0.807. The van der Waals surface area contributed by atoms with Crippen molar-refractivity contribution in [2.24, 2.45) is 0 Å². The minimum Gasteiger partial charge on any atom is -0.352 e. The third kappa shape index (κ3) is 2.65. The molecule has 1 aliphatic heterocycles. The molecule has 3 heterocycles. The fourth-order valence-corrected chi connectivity index (χ4v) is 4.18. The highest BCUT2D eigenvalue weighted by atomic mass is 35.5. The van der Waals surface area contributed by atoms with E-state index < -0.39 is 0 Å². The first-order chi connectivity index (χ1) is 10.7. The molecule has 3 rings (SSSR count). The molecule has 22 heavy (non-hydrogen) atoms. The van der Waals surface area contributed by atoms with Crippen molar-refractivity contribution in [1.82, 2.24) is 14.9 Å². The van der Waals surface area contributed by atoms with Gasteiger partial charge in [-0.25, -0.2) is 9.97 Å². The van der Waals surface area contributed by atoms with Gasteiger partial charge in [-0.1, -0.05) is 6.92 Å². The Hall–Kier alpha value is -1.40. The van der Waals surface area contributed by atoms with Crippen molar-refractivity contribution in [3.8, 4) is 0 Å². The molecule has 0 atom stereocenters. The van der Waals surface area contributed by atoms with Gasteiger partial charge in [0.2, 0.25) is 5.91 Å². The highest BCUT2D eigenvalue weighted by Gasteiger charge is 2.24. The Kier molecular flexibility index (Phi) is 4.49. The lowest BCUT2D eigenvalue weighted by molar-refractivity contribution is -0.128. The second-order valence-electron chi connectivity index (χ2n) is 5.38. The van der Waals surface area contributed by atoms with E-state index in [2.05, 4.69) is 28.7 Å². The normalized spacial score (nSPS) is 15.6. The highest BCUT2D eigenvalue weighted by Crippen LogP contribution is 2.35. The number of carbonyl (C=O) groups excluding carboxylic acids is 1. The molecule has 0 radical (unpaired) electrons. The molecular formula is C15H19ClN4OS. The van der Waals surface area contributed by atoms with E-state index in [1.54, 1.807) is 17.7 Å². The predicted molar refractivity (Wildman–Crippen MR) is 91.0 cm³/mol.